The van der Waals surface area contributed by atoms with Crippen LogP contribution in [0.15, 0.2) is 36.4 Å². The van der Waals surface area contributed by atoms with Crippen molar-refractivity contribution in [3.8, 4) is 5.75 Å². The Bertz CT molecular complexity index is 622. The number of hydrogen-bond donors (Lipinski definition) is 1. The highest BCUT2D eigenvalue weighted by Gasteiger charge is 2.09. The molecule has 0 saturated heterocycles. The zero-order valence-corrected chi connectivity index (χ0v) is 13.0. The van der Waals surface area contributed by atoms with Gasteiger partial charge in [-0.25, -0.2) is 0 Å². The van der Waals surface area contributed by atoms with Gasteiger partial charge in [0.15, 0.2) is 0 Å². The lowest BCUT2D eigenvalue weighted by molar-refractivity contribution is -0.115. The van der Waals surface area contributed by atoms with Crippen molar-refractivity contribution in [2.75, 3.05) is 12.4 Å². The third-order valence-corrected chi connectivity index (χ3v) is 3.55. The molecule has 0 aliphatic carbocycles. The van der Waals surface area contributed by atoms with Gasteiger partial charge in [0, 0.05) is 5.69 Å². The van der Waals surface area contributed by atoms with Crippen LogP contribution in [-0.2, 0) is 11.2 Å². The van der Waals surface area contributed by atoms with Crippen LogP contribution in [0.4, 0.5) is 5.69 Å². The summed E-state index contributed by atoms with van der Waals surface area (Å²) in [6.45, 7) is 6.17. The summed E-state index contributed by atoms with van der Waals surface area (Å²) in [5.41, 5.74) is 5.44. The number of carbonyl (C=O) groups is 1. The molecule has 3 heteroatoms. The Morgan fingerprint density at radius 1 is 1.05 bits per heavy atom. The molecule has 0 heterocycles. The maximum Gasteiger partial charge on any atom is 0.228 e. The van der Waals surface area contributed by atoms with Crippen molar-refractivity contribution in [2.24, 2.45) is 0 Å². The van der Waals surface area contributed by atoms with E-state index < -0.39 is 0 Å². The van der Waals surface area contributed by atoms with E-state index in [0.29, 0.717) is 6.42 Å². The number of methoxy groups -OCH3 is 1. The molecule has 0 spiro atoms. The van der Waals surface area contributed by atoms with Gasteiger partial charge >= 0.3 is 0 Å². The van der Waals surface area contributed by atoms with E-state index in [1.807, 2.05) is 24.3 Å². The van der Waals surface area contributed by atoms with Crippen LogP contribution in [0.5, 0.6) is 5.75 Å². The van der Waals surface area contributed by atoms with Crippen LogP contribution in [-0.4, -0.2) is 13.0 Å². The van der Waals surface area contributed by atoms with E-state index in [0.717, 1.165) is 28.1 Å². The van der Waals surface area contributed by atoms with E-state index in [1.54, 1.807) is 7.11 Å². The largest absolute Gasteiger partial charge is 0.497 e. The lowest BCUT2D eigenvalue weighted by atomic mass is 9.97. The van der Waals surface area contributed by atoms with Crippen LogP contribution in [0.2, 0.25) is 0 Å². The van der Waals surface area contributed by atoms with Gasteiger partial charge in [0.25, 0.3) is 0 Å². The quantitative estimate of drug-likeness (QED) is 0.926. The molecule has 1 amide bonds. The summed E-state index contributed by atoms with van der Waals surface area (Å²) in [5, 5.41) is 2.92. The summed E-state index contributed by atoms with van der Waals surface area (Å²) in [6.07, 6.45) is 0.393. The Balaban J connectivity index is 2.08. The molecule has 0 saturated carbocycles. The number of nitrogens with one attached hydrogen (secondary N) is 1. The summed E-state index contributed by atoms with van der Waals surface area (Å²) in [6, 6.07) is 11.6. The number of aryl methyl sites for hydroxylation is 3. The highest BCUT2D eigenvalue weighted by Crippen LogP contribution is 2.19. The lowest BCUT2D eigenvalue weighted by Gasteiger charge is -2.12. The first-order valence-corrected chi connectivity index (χ1v) is 7.00. The average molecular weight is 283 g/mol. The molecule has 0 atom stereocenters. The van der Waals surface area contributed by atoms with Crippen LogP contribution in [0.3, 0.4) is 0 Å². The fourth-order valence-electron chi connectivity index (χ4n) is 2.53. The molecule has 0 aromatic heterocycles. The van der Waals surface area contributed by atoms with Crippen LogP contribution < -0.4 is 10.1 Å². The number of benzene rings is 2. The molecular weight excluding hydrogens is 262 g/mol. The van der Waals surface area contributed by atoms with Crippen LogP contribution in [0, 0.1) is 20.8 Å². The molecular formula is C18H21NO2. The van der Waals surface area contributed by atoms with Gasteiger partial charge in [-0.1, -0.05) is 17.7 Å². The van der Waals surface area contributed by atoms with Gasteiger partial charge in [-0.2, -0.15) is 0 Å². The summed E-state index contributed by atoms with van der Waals surface area (Å²) >= 11 is 0. The van der Waals surface area contributed by atoms with Gasteiger partial charge in [0.05, 0.1) is 13.5 Å². The first kappa shape index (κ1) is 15.1. The fraction of sp³-hybridized carbons (Fsp3) is 0.278. The Kier molecular flexibility index (Phi) is 4.63. The molecule has 2 aromatic carbocycles. The minimum absolute atomic E-state index is 0.00443. The predicted molar refractivity (Wildman–Crippen MR) is 86.0 cm³/mol. The van der Waals surface area contributed by atoms with Gasteiger partial charge in [-0.05, 0) is 61.7 Å². The maximum atomic E-state index is 12.2. The SMILES string of the molecule is COc1ccc(NC(=O)Cc2c(C)cc(C)cc2C)cc1. The molecule has 110 valence electrons. The van der Waals surface area contributed by atoms with Gasteiger partial charge in [0.1, 0.15) is 5.75 Å². The number of hydrogen-bond acceptors (Lipinski definition) is 2. The zero-order valence-electron chi connectivity index (χ0n) is 13.0. The minimum Gasteiger partial charge on any atom is -0.497 e. The molecule has 0 unspecified atom stereocenters. The van der Waals surface area contributed by atoms with E-state index in [9.17, 15) is 4.79 Å². The number of rotatable bonds is 4. The molecule has 0 fully saturated rings. The van der Waals surface area contributed by atoms with Crippen LogP contribution >= 0.6 is 0 Å². The molecule has 0 aliphatic heterocycles. The van der Waals surface area contributed by atoms with E-state index in [-0.39, 0.29) is 5.91 Å². The average Bonchev–Trinajstić information content (AvgIpc) is 2.43. The third-order valence-electron chi connectivity index (χ3n) is 3.55. The second kappa shape index (κ2) is 6.44. The second-order valence-corrected chi connectivity index (χ2v) is 5.33. The molecule has 0 aliphatic rings. The molecule has 21 heavy (non-hydrogen) atoms. The standard InChI is InChI=1S/C18H21NO2/c1-12-9-13(2)17(14(3)10-12)11-18(20)19-15-5-7-16(21-4)8-6-15/h5-10H,11H2,1-4H3,(H,19,20). The molecule has 2 rings (SSSR count). The van der Waals surface area contributed by atoms with E-state index in [2.05, 4.69) is 38.2 Å². The second-order valence-electron chi connectivity index (χ2n) is 5.33. The molecule has 2 aromatic rings. The first-order chi connectivity index (χ1) is 9.99. The normalized spacial score (nSPS) is 10.3. The van der Waals surface area contributed by atoms with E-state index in [4.69, 9.17) is 4.74 Å². The topological polar surface area (TPSA) is 38.3 Å². The highest BCUT2D eigenvalue weighted by molar-refractivity contribution is 5.92. The third kappa shape index (κ3) is 3.85. The number of amides is 1. The molecule has 3 nitrogen and oxygen atoms in total. The fourth-order valence-corrected chi connectivity index (χ4v) is 2.53. The van der Waals surface area contributed by atoms with Crippen molar-refractivity contribution >= 4 is 11.6 Å². The van der Waals surface area contributed by atoms with Gasteiger partial charge in [-0.15, -0.1) is 0 Å². The summed E-state index contributed by atoms with van der Waals surface area (Å²) in [7, 11) is 1.62. The summed E-state index contributed by atoms with van der Waals surface area (Å²) < 4.78 is 5.10. The summed E-state index contributed by atoms with van der Waals surface area (Å²) in [4.78, 5) is 12.2. The van der Waals surface area contributed by atoms with E-state index in [1.165, 1.54) is 5.56 Å². The first-order valence-electron chi connectivity index (χ1n) is 7.00. The Labute approximate surface area is 126 Å². The molecule has 0 bridgehead atoms. The Morgan fingerprint density at radius 3 is 2.14 bits per heavy atom. The predicted octanol–water partition coefficient (Wildman–Crippen LogP) is 3.80. The van der Waals surface area contributed by atoms with Crippen molar-refractivity contribution in [2.45, 2.75) is 27.2 Å². The van der Waals surface area contributed by atoms with Crippen LogP contribution in [0.1, 0.15) is 22.3 Å². The zero-order chi connectivity index (χ0) is 15.4. The molecule has 0 radical (unpaired) electrons. The summed E-state index contributed by atoms with van der Waals surface area (Å²) in [5.74, 6) is 0.772. The monoisotopic (exact) mass is 283 g/mol. The van der Waals surface area contributed by atoms with Gasteiger partial charge in [-0.3, -0.25) is 4.79 Å². The number of carbonyl (C=O) groups excluding carboxylic acids is 1. The van der Waals surface area contributed by atoms with Crippen molar-refractivity contribution in [1.82, 2.24) is 0 Å². The maximum absolute atomic E-state index is 12.2. The lowest BCUT2D eigenvalue weighted by Crippen LogP contribution is -2.15. The molecule has 1 N–H and O–H groups in total. The van der Waals surface area contributed by atoms with Crippen molar-refractivity contribution in [3.05, 3.63) is 58.7 Å². The van der Waals surface area contributed by atoms with Gasteiger partial charge in [0.2, 0.25) is 5.91 Å². The number of anilines is 1. The minimum atomic E-state index is -0.00443. The van der Waals surface area contributed by atoms with Gasteiger partial charge < -0.3 is 10.1 Å². The Hall–Kier alpha value is -2.29. The van der Waals surface area contributed by atoms with Crippen molar-refractivity contribution in [1.29, 1.82) is 0 Å². The smallest absolute Gasteiger partial charge is 0.228 e. The highest BCUT2D eigenvalue weighted by atomic mass is 16.5. The Morgan fingerprint density at radius 2 is 1.62 bits per heavy atom. The van der Waals surface area contributed by atoms with E-state index >= 15 is 0 Å². The van der Waals surface area contributed by atoms with Crippen LogP contribution in [0.25, 0.3) is 0 Å². The van der Waals surface area contributed by atoms with Crippen molar-refractivity contribution < 1.29 is 9.53 Å². The number of ether oxygens (including phenoxy) is 1. The van der Waals surface area contributed by atoms with Crippen molar-refractivity contribution in [3.63, 3.8) is 0 Å².